The first-order valence-corrected chi connectivity index (χ1v) is 15.0. The number of hydrogen-bond acceptors (Lipinski definition) is 6. The molecular formula is C31H27BrCl3N5O5. The zero-order valence-corrected chi connectivity index (χ0v) is 28.0. The number of ether oxygens (including phenoxy) is 1. The third-order valence-corrected chi connectivity index (χ3v) is 8.76. The minimum Gasteiger partial charge on any atom is -0.485 e. The van der Waals surface area contributed by atoms with Crippen molar-refractivity contribution in [3.8, 4) is 5.75 Å². The molecule has 1 aliphatic heterocycles. The average molecular weight is 736 g/mol. The average Bonchev–Trinajstić information content (AvgIpc) is 3.51. The Morgan fingerprint density at radius 3 is 2.47 bits per heavy atom. The number of pyridine rings is 1. The van der Waals surface area contributed by atoms with Crippen molar-refractivity contribution in [2.75, 3.05) is 23.4 Å². The van der Waals surface area contributed by atoms with Crippen LogP contribution in [-0.4, -0.2) is 46.6 Å². The molecule has 5 rings (SSSR count). The van der Waals surface area contributed by atoms with E-state index in [4.69, 9.17) is 27.9 Å². The molecule has 0 aliphatic carbocycles. The van der Waals surface area contributed by atoms with Crippen LogP contribution in [0.4, 0.5) is 11.4 Å². The number of aryl methyl sites for hydroxylation is 1. The van der Waals surface area contributed by atoms with E-state index in [0.29, 0.717) is 38.9 Å². The largest absolute Gasteiger partial charge is 0.485 e. The second kappa shape index (κ2) is 14.5. The van der Waals surface area contributed by atoms with Gasteiger partial charge in [0.1, 0.15) is 11.2 Å². The van der Waals surface area contributed by atoms with Crippen LogP contribution in [0.25, 0.3) is 11.7 Å². The molecule has 14 heteroatoms. The number of halogens is 4. The number of rotatable bonds is 9. The summed E-state index contributed by atoms with van der Waals surface area (Å²) in [5.41, 5.74) is 3.50. The molecule has 1 aliphatic rings. The van der Waals surface area contributed by atoms with Gasteiger partial charge in [-0.15, -0.1) is 12.4 Å². The highest BCUT2D eigenvalue weighted by Gasteiger charge is 2.30. The number of aromatic nitrogens is 2. The van der Waals surface area contributed by atoms with E-state index in [1.807, 2.05) is 23.6 Å². The van der Waals surface area contributed by atoms with Crippen molar-refractivity contribution in [1.82, 2.24) is 14.7 Å². The smallest absolute Gasteiger partial charge is 0.246 e. The lowest BCUT2D eigenvalue weighted by atomic mass is 10.2. The summed E-state index contributed by atoms with van der Waals surface area (Å²) in [6.45, 7) is 1.63. The van der Waals surface area contributed by atoms with Gasteiger partial charge in [0.2, 0.25) is 23.6 Å². The van der Waals surface area contributed by atoms with Crippen molar-refractivity contribution < 1.29 is 23.9 Å². The van der Waals surface area contributed by atoms with Gasteiger partial charge in [0.15, 0.2) is 11.4 Å². The second-order valence-electron chi connectivity index (χ2n) is 9.92. The van der Waals surface area contributed by atoms with Gasteiger partial charge in [0, 0.05) is 42.7 Å². The van der Waals surface area contributed by atoms with Crippen molar-refractivity contribution in [2.45, 2.75) is 26.4 Å². The molecule has 0 saturated carbocycles. The molecule has 45 heavy (non-hydrogen) atoms. The quantitative estimate of drug-likeness (QED) is 0.163. The molecule has 10 nitrogen and oxygen atoms in total. The molecule has 4 aromatic rings. The van der Waals surface area contributed by atoms with E-state index in [9.17, 15) is 19.2 Å². The zero-order valence-electron chi connectivity index (χ0n) is 24.1. The molecule has 0 unspecified atom stereocenters. The molecule has 0 spiro atoms. The van der Waals surface area contributed by atoms with Crippen LogP contribution in [0.2, 0.25) is 10.0 Å². The lowest BCUT2D eigenvalue weighted by Crippen LogP contribution is -2.37. The summed E-state index contributed by atoms with van der Waals surface area (Å²) in [6.07, 6.45) is 5.13. The Morgan fingerprint density at radius 2 is 1.78 bits per heavy atom. The van der Waals surface area contributed by atoms with Crippen molar-refractivity contribution >= 4 is 98.3 Å². The highest BCUT2D eigenvalue weighted by Crippen LogP contribution is 2.35. The summed E-state index contributed by atoms with van der Waals surface area (Å²) in [5.74, 6) is -0.819. The van der Waals surface area contributed by atoms with Crippen LogP contribution in [-0.2, 0) is 25.8 Å². The van der Waals surface area contributed by atoms with Crippen LogP contribution in [0, 0.1) is 6.92 Å². The normalized spacial score (nSPS) is 13.0. The number of nitrogens with one attached hydrogen (secondary N) is 1. The standard InChI is InChI=1S/C31H26BrCl2N5O5.ClH/c1-18-30(32)38-15-3-4-24(31(38)36-18)44-17-21-22(33)10-11-23(29(21)34)37(2)28(43)16-35-25(40)12-7-19-5-8-20(9-6-19)39-26(41)13-14-27(39)42;/h3-12,15H,13-14,16-17H2,1-2H3,(H,35,40);1H. The highest BCUT2D eigenvalue weighted by molar-refractivity contribution is 9.10. The van der Waals surface area contributed by atoms with E-state index >= 15 is 0 Å². The van der Waals surface area contributed by atoms with Crippen LogP contribution in [0.3, 0.4) is 0 Å². The molecule has 3 heterocycles. The van der Waals surface area contributed by atoms with Gasteiger partial charge in [-0.3, -0.25) is 28.5 Å². The lowest BCUT2D eigenvalue weighted by molar-refractivity contribution is -0.122. The Morgan fingerprint density at radius 1 is 1.09 bits per heavy atom. The zero-order chi connectivity index (χ0) is 31.5. The third kappa shape index (κ3) is 7.33. The van der Waals surface area contributed by atoms with E-state index in [1.165, 1.54) is 11.0 Å². The summed E-state index contributed by atoms with van der Waals surface area (Å²) in [5, 5.41) is 3.18. The van der Waals surface area contributed by atoms with E-state index in [1.54, 1.807) is 55.6 Å². The van der Waals surface area contributed by atoms with Gasteiger partial charge in [-0.25, -0.2) is 4.98 Å². The molecule has 1 fully saturated rings. The van der Waals surface area contributed by atoms with Gasteiger partial charge in [-0.05, 0) is 70.9 Å². The van der Waals surface area contributed by atoms with E-state index in [-0.39, 0.29) is 55.2 Å². The molecule has 2 aromatic heterocycles. The van der Waals surface area contributed by atoms with E-state index < -0.39 is 11.8 Å². The summed E-state index contributed by atoms with van der Waals surface area (Å²) in [7, 11) is 1.55. The van der Waals surface area contributed by atoms with Gasteiger partial charge in [0.25, 0.3) is 0 Å². The Kier molecular flexibility index (Phi) is 10.9. The predicted molar refractivity (Wildman–Crippen MR) is 179 cm³/mol. The molecule has 0 bridgehead atoms. The number of carbonyl (C=O) groups is 4. The Hall–Kier alpha value is -3.90. The van der Waals surface area contributed by atoms with Gasteiger partial charge in [-0.1, -0.05) is 35.3 Å². The molecule has 0 radical (unpaired) electrons. The van der Waals surface area contributed by atoms with Crippen LogP contribution in [0.1, 0.15) is 29.7 Å². The van der Waals surface area contributed by atoms with E-state index in [2.05, 4.69) is 26.2 Å². The summed E-state index contributed by atoms with van der Waals surface area (Å²) in [4.78, 5) is 56.2. The first-order valence-electron chi connectivity index (χ1n) is 13.5. The Labute approximate surface area is 283 Å². The fourth-order valence-electron chi connectivity index (χ4n) is 4.61. The maximum atomic E-state index is 12.9. The number of nitrogens with zero attached hydrogens (tertiary/aromatic N) is 4. The molecule has 4 amide bonds. The van der Waals surface area contributed by atoms with Gasteiger partial charge >= 0.3 is 0 Å². The van der Waals surface area contributed by atoms with Crippen molar-refractivity contribution in [1.29, 1.82) is 0 Å². The molecule has 0 atom stereocenters. The minimum atomic E-state index is -0.480. The van der Waals surface area contributed by atoms with Crippen LogP contribution in [0.5, 0.6) is 5.75 Å². The first kappa shape index (κ1) is 34.0. The number of imidazole rings is 1. The van der Waals surface area contributed by atoms with Crippen molar-refractivity contribution in [3.63, 3.8) is 0 Å². The van der Waals surface area contributed by atoms with Crippen molar-refractivity contribution in [2.24, 2.45) is 0 Å². The predicted octanol–water partition coefficient (Wildman–Crippen LogP) is 6.16. The number of benzene rings is 2. The Balaban J connectivity index is 0.00000461. The summed E-state index contributed by atoms with van der Waals surface area (Å²) < 4.78 is 8.72. The number of amides is 4. The number of anilines is 2. The summed E-state index contributed by atoms with van der Waals surface area (Å²) in [6, 6.07) is 13.5. The number of fused-ring (bicyclic) bond motifs is 1. The maximum Gasteiger partial charge on any atom is 0.246 e. The fraction of sp³-hybridized carbons (Fsp3) is 0.194. The van der Waals surface area contributed by atoms with Crippen LogP contribution < -0.4 is 19.9 Å². The third-order valence-electron chi connectivity index (χ3n) is 7.03. The molecule has 1 saturated heterocycles. The molecule has 234 valence electrons. The monoisotopic (exact) mass is 733 g/mol. The number of likely N-dealkylation sites (N-methyl/N-ethyl adjacent to an activating group) is 1. The number of carbonyl (C=O) groups excluding carboxylic acids is 4. The highest BCUT2D eigenvalue weighted by atomic mass is 79.9. The Bertz CT molecular complexity index is 1810. The number of hydrogen-bond donors (Lipinski definition) is 1. The molecular weight excluding hydrogens is 709 g/mol. The van der Waals surface area contributed by atoms with Gasteiger partial charge in [0.05, 0.1) is 28.6 Å². The SMILES string of the molecule is Cc1nc2c(OCc3c(Cl)ccc(N(C)C(=O)CNC(=O)C=Cc4ccc(N5C(=O)CCC5=O)cc4)c3Cl)cccn2c1Br.Cl. The first-order chi connectivity index (χ1) is 21.0. The van der Waals surface area contributed by atoms with Crippen LogP contribution in [0.15, 0.2) is 65.4 Å². The maximum absolute atomic E-state index is 12.9. The summed E-state index contributed by atoms with van der Waals surface area (Å²) >= 11 is 16.7. The molecule has 1 N–H and O–H groups in total. The fourth-order valence-corrected chi connectivity index (χ4v) is 5.59. The van der Waals surface area contributed by atoms with Crippen molar-refractivity contribution in [3.05, 3.63) is 92.3 Å². The van der Waals surface area contributed by atoms with Crippen LogP contribution >= 0.6 is 51.5 Å². The topological polar surface area (TPSA) is 113 Å². The molecule has 2 aromatic carbocycles. The minimum absolute atomic E-state index is 0. The second-order valence-corrected chi connectivity index (χ2v) is 11.5. The number of imide groups is 1. The van der Waals surface area contributed by atoms with Gasteiger partial charge in [-0.2, -0.15) is 0 Å². The van der Waals surface area contributed by atoms with E-state index in [0.717, 1.165) is 15.2 Å². The van der Waals surface area contributed by atoms with Gasteiger partial charge < -0.3 is 15.0 Å². The lowest BCUT2D eigenvalue weighted by Gasteiger charge is -2.21.